The summed E-state index contributed by atoms with van der Waals surface area (Å²) in [4.78, 5) is 0. The summed E-state index contributed by atoms with van der Waals surface area (Å²) >= 11 is -2.87. The Morgan fingerprint density at radius 2 is 0.979 bits per heavy atom. The standard InChI is InChI=1S/C21H25.C13H10.C11H17.2ClH.Zr/c1-20(2,3)16-9-7-14-11-15-8-10-17(21(4,5)6)13-19(15)18(14)12-16;1-3-7-12(8-4-1)11-13-9-5-2-6-10-13;1-8-6-9(2)10(7-8)11(3,4)5;;;/h7-13H,1-6H3;1-10H;7-8H,1-5H3;2*1H;/q;;;;;+2/p-2. The molecule has 4 aromatic carbocycles. The largest absolute Gasteiger partial charge is 1.00 e. The predicted octanol–water partition coefficient (Wildman–Crippen LogP) is 6.14. The molecule has 0 saturated heterocycles. The molecule has 0 bridgehead atoms. The van der Waals surface area contributed by atoms with Crippen molar-refractivity contribution in [1.29, 1.82) is 0 Å². The van der Waals surface area contributed by atoms with Crippen molar-refractivity contribution in [3.63, 3.8) is 0 Å². The van der Waals surface area contributed by atoms with Crippen LogP contribution in [0.3, 0.4) is 0 Å². The van der Waals surface area contributed by atoms with Crippen LogP contribution in [0.15, 0.2) is 118 Å². The first-order valence-electron chi connectivity index (χ1n) is 17.2. The average Bonchev–Trinajstić information content (AvgIpc) is 3.48. The Kier molecular flexibility index (Phi) is 11.3. The molecule has 3 heteroatoms. The van der Waals surface area contributed by atoms with Crippen LogP contribution in [0.25, 0.3) is 11.1 Å². The minimum atomic E-state index is -2.87. The van der Waals surface area contributed by atoms with Crippen LogP contribution in [0.5, 0.6) is 0 Å². The van der Waals surface area contributed by atoms with E-state index in [1.54, 1.807) is 23.2 Å². The van der Waals surface area contributed by atoms with Gasteiger partial charge in [-0.15, -0.1) is 0 Å². The van der Waals surface area contributed by atoms with Gasteiger partial charge in [-0.3, -0.25) is 0 Å². The molecular weight excluding hydrogens is 703 g/mol. The van der Waals surface area contributed by atoms with Crippen LogP contribution in [0.1, 0.15) is 113 Å². The van der Waals surface area contributed by atoms with Gasteiger partial charge in [-0.1, -0.05) is 0 Å². The van der Waals surface area contributed by atoms with Crippen molar-refractivity contribution in [2.24, 2.45) is 11.3 Å². The fourth-order valence-corrected chi connectivity index (χ4v) is 17.8. The number of rotatable bonds is 4. The summed E-state index contributed by atoms with van der Waals surface area (Å²) in [7, 11) is 0. The Morgan fingerprint density at radius 3 is 1.33 bits per heavy atom. The average molecular weight is 755 g/mol. The normalized spacial score (nSPS) is 15.9. The number of halogens is 2. The van der Waals surface area contributed by atoms with Crippen molar-refractivity contribution in [1.82, 2.24) is 0 Å². The van der Waals surface area contributed by atoms with Crippen LogP contribution >= 0.6 is 0 Å². The molecule has 1 atom stereocenters. The van der Waals surface area contributed by atoms with E-state index in [1.165, 1.54) is 39.0 Å². The van der Waals surface area contributed by atoms with E-state index in [-0.39, 0.29) is 41.1 Å². The topological polar surface area (TPSA) is 0 Å². The third-order valence-electron chi connectivity index (χ3n) is 10.2. The molecule has 1 unspecified atom stereocenters. The zero-order valence-corrected chi connectivity index (χ0v) is 34.7. The summed E-state index contributed by atoms with van der Waals surface area (Å²) in [6.45, 7) is 26.2. The third kappa shape index (κ3) is 7.13. The molecular formula is C45H52Cl2Zr. The molecule has 0 saturated carbocycles. The van der Waals surface area contributed by atoms with Gasteiger partial charge in [-0.25, -0.2) is 0 Å². The summed E-state index contributed by atoms with van der Waals surface area (Å²) in [5.74, 6) is 0.432. The van der Waals surface area contributed by atoms with Crippen molar-refractivity contribution < 1.29 is 46.1 Å². The van der Waals surface area contributed by atoms with E-state index in [0.717, 1.165) is 0 Å². The predicted molar refractivity (Wildman–Crippen MR) is 197 cm³/mol. The van der Waals surface area contributed by atoms with Crippen LogP contribution < -0.4 is 24.8 Å². The smallest absolute Gasteiger partial charge is 1.00 e. The van der Waals surface area contributed by atoms with Crippen molar-refractivity contribution in [2.75, 3.05) is 0 Å². The van der Waals surface area contributed by atoms with E-state index >= 15 is 0 Å². The van der Waals surface area contributed by atoms with Gasteiger partial charge >= 0.3 is 288 Å². The fourth-order valence-electron chi connectivity index (χ4n) is 7.82. The van der Waals surface area contributed by atoms with Gasteiger partial charge in [0, 0.05) is 0 Å². The SMILES string of the molecule is CC1=[C]([Zr+2](=[C](c2ccccc2)c2ccccc2)[CH]2c3ccc(C(C)(C)C)cc3-c3cc(C(C)(C)C)ccc32)C(C)C=C1C(C)(C)C.[Cl-].[Cl-]. The second-order valence-electron chi connectivity index (χ2n) is 16.7. The summed E-state index contributed by atoms with van der Waals surface area (Å²) in [5, 5.41) is 0. The maximum atomic E-state index is 2.61. The maximum Gasteiger partial charge on any atom is -1.00 e. The minimum absolute atomic E-state index is 0. The van der Waals surface area contributed by atoms with Crippen LogP contribution in [0.2, 0.25) is 0 Å². The van der Waals surface area contributed by atoms with Gasteiger partial charge in [0.25, 0.3) is 0 Å². The Bertz CT molecular complexity index is 1780. The molecule has 0 nitrogen and oxygen atoms in total. The molecule has 4 aromatic rings. The first-order valence-corrected chi connectivity index (χ1v) is 21.0. The van der Waals surface area contributed by atoms with Gasteiger partial charge in [0.05, 0.1) is 0 Å². The van der Waals surface area contributed by atoms with E-state index in [1.807, 2.05) is 0 Å². The molecule has 0 amide bonds. The summed E-state index contributed by atoms with van der Waals surface area (Å²) in [6.07, 6.45) is 2.61. The van der Waals surface area contributed by atoms with Gasteiger partial charge < -0.3 is 24.8 Å². The summed E-state index contributed by atoms with van der Waals surface area (Å²) < 4.78 is 3.78. The molecule has 2 aliphatic rings. The summed E-state index contributed by atoms with van der Waals surface area (Å²) in [5.41, 5.74) is 15.0. The Labute approximate surface area is 311 Å². The molecule has 48 heavy (non-hydrogen) atoms. The van der Waals surface area contributed by atoms with Gasteiger partial charge in [-0.2, -0.15) is 0 Å². The van der Waals surface area contributed by atoms with E-state index in [4.69, 9.17) is 0 Å². The van der Waals surface area contributed by atoms with Crippen LogP contribution in [-0.4, -0.2) is 3.21 Å². The van der Waals surface area contributed by atoms with Crippen molar-refractivity contribution in [3.8, 4) is 11.1 Å². The second kappa shape index (κ2) is 14.1. The molecule has 0 radical (unpaired) electrons. The first kappa shape index (κ1) is 38.5. The van der Waals surface area contributed by atoms with Crippen molar-refractivity contribution in [2.45, 2.75) is 90.6 Å². The molecule has 250 valence electrons. The second-order valence-corrected chi connectivity index (χ2v) is 22.7. The molecule has 6 rings (SSSR count). The van der Waals surface area contributed by atoms with Gasteiger partial charge in [0.2, 0.25) is 0 Å². The zero-order chi connectivity index (χ0) is 33.2. The number of fused-ring (bicyclic) bond motifs is 3. The Balaban J connectivity index is 0.00000260. The maximum absolute atomic E-state index is 2.87. The van der Waals surface area contributed by atoms with E-state index < -0.39 is 21.3 Å². The van der Waals surface area contributed by atoms with Crippen molar-refractivity contribution >= 4 is 3.21 Å². The van der Waals surface area contributed by atoms with Crippen molar-refractivity contribution in [3.05, 3.63) is 151 Å². The monoisotopic (exact) mass is 752 g/mol. The van der Waals surface area contributed by atoms with Gasteiger partial charge in [0.1, 0.15) is 0 Å². The summed E-state index contributed by atoms with van der Waals surface area (Å²) in [6, 6.07) is 37.8. The number of hydrogen-bond donors (Lipinski definition) is 0. The van der Waals surface area contributed by atoms with E-state index in [9.17, 15) is 0 Å². The first-order chi connectivity index (χ1) is 21.6. The molecule has 0 heterocycles. The molecule has 0 N–H and O–H groups in total. The minimum Gasteiger partial charge on any atom is -1.00 e. The quantitative estimate of drug-likeness (QED) is 0.235. The van der Waals surface area contributed by atoms with Gasteiger partial charge in [0.15, 0.2) is 0 Å². The number of benzene rings is 4. The third-order valence-corrected chi connectivity index (χ3v) is 19.4. The number of allylic oxidation sites excluding steroid dienone is 4. The van der Waals surface area contributed by atoms with Crippen LogP contribution in [0, 0.1) is 11.3 Å². The van der Waals surface area contributed by atoms with Crippen LogP contribution in [-0.2, 0) is 32.1 Å². The van der Waals surface area contributed by atoms with Gasteiger partial charge in [-0.05, 0) is 0 Å². The Morgan fingerprint density at radius 1 is 0.562 bits per heavy atom. The zero-order valence-electron chi connectivity index (χ0n) is 30.7. The molecule has 0 fully saturated rings. The van der Waals surface area contributed by atoms with E-state index in [0.29, 0.717) is 9.54 Å². The molecule has 0 spiro atoms. The molecule has 0 aromatic heterocycles. The number of hydrogen-bond acceptors (Lipinski definition) is 0. The van der Waals surface area contributed by atoms with Crippen LogP contribution in [0.4, 0.5) is 0 Å². The molecule has 0 aliphatic heterocycles. The fraction of sp³-hybridized carbons (Fsp3) is 0.356. The molecule has 2 aliphatic carbocycles. The van der Waals surface area contributed by atoms with E-state index in [2.05, 4.69) is 179 Å². The Hall–Kier alpha value is -2.31.